The smallest absolute Gasteiger partial charge is 0.338 e. The minimum Gasteiger partial charge on any atom is -0.465 e. The van der Waals surface area contributed by atoms with Crippen molar-refractivity contribution < 1.29 is 14.4 Å². The van der Waals surface area contributed by atoms with E-state index >= 15 is 0 Å². The molecule has 0 unspecified atom stereocenters. The summed E-state index contributed by atoms with van der Waals surface area (Å²) in [4.78, 5) is 25.6. The molecule has 0 aromatic carbocycles. The van der Waals surface area contributed by atoms with Crippen molar-refractivity contribution >= 4 is 23.0 Å². The molecule has 6 nitrogen and oxygen atoms in total. The normalized spacial score (nSPS) is 13.0. The van der Waals surface area contributed by atoms with Crippen molar-refractivity contribution in [2.24, 2.45) is 10.1 Å². The van der Waals surface area contributed by atoms with E-state index in [2.05, 4.69) is 15.1 Å². The summed E-state index contributed by atoms with van der Waals surface area (Å²) in [5.74, 6) is -0.213. The SMILES string of the molecule is C/C=C(/C(=O)OC)c1cccnc1O/N=C(\C)C(C)=NCC. The van der Waals surface area contributed by atoms with Gasteiger partial charge in [-0.15, -0.1) is 0 Å². The van der Waals surface area contributed by atoms with Crippen LogP contribution in [0, 0.1) is 0 Å². The summed E-state index contributed by atoms with van der Waals surface area (Å²) in [6.07, 6.45) is 3.22. The highest BCUT2D eigenvalue weighted by Crippen LogP contribution is 2.24. The number of aliphatic imine (C=N–C) groups is 1. The molecule has 0 saturated heterocycles. The van der Waals surface area contributed by atoms with Crippen molar-refractivity contribution in [3.05, 3.63) is 30.0 Å². The number of hydrogen-bond donors (Lipinski definition) is 0. The van der Waals surface area contributed by atoms with E-state index in [4.69, 9.17) is 9.57 Å². The number of oxime groups is 1. The Hall–Kier alpha value is -2.50. The molecule has 0 aliphatic carbocycles. The molecule has 22 heavy (non-hydrogen) atoms. The van der Waals surface area contributed by atoms with Crippen molar-refractivity contribution in [3.8, 4) is 5.88 Å². The second-order valence-electron chi connectivity index (χ2n) is 4.38. The molecule has 0 radical (unpaired) electrons. The lowest BCUT2D eigenvalue weighted by Gasteiger charge is -2.08. The molecule has 0 N–H and O–H groups in total. The van der Waals surface area contributed by atoms with E-state index in [0.29, 0.717) is 23.4 Å². The molecular weight excluding hydrogens is 282 g/mol. The highest BCUT2D eigenvalue weighted by atomic mass is 16.6. The minimum absolute atomic E-state index is 0.240. The van der Waals surface area contributed by atoms with E-state index in [1.807, 2.05) is 13.8 Å². The first-order chi connectivity index (χ1) is 10.5. The molecule has 1 heterocycles. The van der Waals surface area contributed by atoms with Crippen LogP contribution in [0.1, 0.15) is 33.3 Å². The van der Waals surface area contributed by atoms with E-state index in [0.717, 1.165) is 5.71 Å². The Kier molecular flexibility index (Phi) is 6.95. The van der Waals surface area contributed by atoms with Gasteiger partial charge in [-0.05, 0) is 39.8 Å². The largest absolute Gasteiger partial charge is 0.465 e. The molecule has 0 amide bonds. The number of pyridine rings is 1. The van der Waals surface area contributed by atoms with Crippen LogP contribution in [-0.4, -0.2) is 36.0 Å². The fourth-order valence-electron chi connectivity index (χ4n) is 1.69. The molecule has 0 aliphatic rings. The average Bonchev–Trinajstić information content (AvgIpc) is 2.54. The monoisotopic (exact) mass is 303 g/mol. The van der Waals surface area contributed by atoms with Gasteiger partial charge in [0.25, 0.3) is 5.88 Å². The maximum atomic E-state index is 11.8. The fourth-order valence-corrected chi connectivity index (χ4v) is 1.69. The van der Waals surface area contributed by atoms with Gasteiger partial charge >= 0.3 is 5.97 Å². The third-order valence-electron chi connectivity index (χ3n) is 2.94. The highest BCUT2D eigenvalue weighted by molar-refractivity contribution is 6.40. The van der Waals surface area contributed by atoms with Gasteiger partial charge in [-0.2, -0.15) is 0 Å². The van der Waals surface area contributed by atoms with E-state index in [9.17, 15) is 4.79 Å². The summed E-state index contributed by atoms with van der Waals surface area (Å²) in [7, 11) is 1.33. The van der Waals surface area contributed by atoms with Crippen LogP contribution in [0.5, 0.6) is 5.88 Å². The van der Waals surface area contributed by atoms with Crippen molar-refractivity contribution in [2.75, 3.05) is 13.7 Å². The zero-order chi connectivity index (χ0) is 16.5. The predicted molar refractivity (Wildman–Crippen MR) is 87.3 cm³/mol. The number of carbonyl (C=O) groups is 1. The van der Waals surface area contributed by atoms with Gasteiger partial charge in [-0.1, -0.05) is 11.2 Å². The highest BCUT2D eigenvalue weighted by Gasteiger charge is 2.17. The molecule has 1 rings (SSSR count). The molecule has 0 saturated carbocycles. The second-order valence-corrected chi connectivity index (χ2v) is 4.38. The minimum atomic E-state index is -0.454. The first-order valence-corrected chi connectivity index (χ1v) is 6.98. The molecular formula is C16H21N3O3. The Morgan fingerprint density at radius 2 is 2.09 bits per heavy atom. The number of allylic oxidation sites excluding steroid dienone is 1. The first-order valence-electron chi connectivity index (χ1n) is 6.98. The van der Waals surface area contributed by atoms with Crippen LogP contribution in [-0.2, 0) is 9.53 Å². The van der Waals surface area contributed by atoms with E-state index in [1.165, 1.54) is 7.11 Å². The summed E-state index contributed by atoms with van der Waals surface area (Å²) in [6, 6.07) is 3.45. The molecule has 0 spiro atoms. The number of carbonyl (C=O) groups excluding carboxylic acids is 1. The second kappa shape index (κ2) is 8.71. The Bertz CT molecular complexity index is 619. The number of hydrogen-bond acceptors (Lipinski definition) is 6. The van der Waals surface area contributed by atoms with Crippen LogP contribution in [0.3, 0.4) is 0 Å². The molecule has 0 fully saturated rings. The van der Waals surface area contributed by atoms with Crippen LogP contribution >= 0.6 is 0 Å². The molecule has 1 aromatic heterocycles. The topological polar surface area (TPSA) is 73.1 Å². The third kappa shape index (κ3) is 4.51. The van der Waals surface area contributed by atoms with Crippen LogP contribution in [0.2, 0.25) is 0 Å². The lowest BCUT2D eigenvalue weighted by atomic mass is 10.1. The van der Waals surface area contributed by atoms with Gasteiger partial charge in [-0.25, -0.2) is 9.78 Å². The van der Waals surface area contributed by atoms with Gasteiger partial charge in [0.15, 0.2) is 0 Å². The Labute approximate surface area is 130 Å². The van der Waals surface area contributed by atoms with Crippen molar-refractivity contribution in [3.63, 3.8) is 0 Å². The fraction of sp³-hybridized carbons (Fsp3) is 0.375. The van der Waals surface area contributed by atoms with E-state index in [-0.39, 0.29) is 5.88 Å². The summed E-state index contributed by atoms with van der Waals surface area (Å²) in [5.41, 5.74) is 2.34. The number of ether oxygens (including phenoxy) is 1. The Morgan fingerprint density at radius 1 is 1.36 bits per heavy atom. The molecule has 118 valence electrons. The summed E-state index contributed by atoms with van der Waals surface area (Å²) < 4.78 is 4.76. The average molecular weight is 303 g/mol. The number of methoxy groups -OCH3 is 1. The van der Waals surface area contributed by atoms with Gasteiger partial charge in [-0.3, -0.25) is 4.99 Å². The molecule has 6 heteroatoms. The van der Waals surface area contributed by atoms with Crippen LogP contribution < -0.4 is 4.84 Å². The maximum absolute atomic E-state index is 11.8. The van der Waals surface area contributed by atoms with Crippen LogP contribution in [0.25, 0.3) is 5.57 Å². The molecule has 0 aliphatic heterocycles. The van der Waals surface area contributed by atoms with Crippen molar-refractivity contribution in [2.45, 2.75) is 27.7 Å². The van der Waals surface area contributed by atoms with Gasteiger partial charge in [0.1, 0.15) is 0 Å². The van der Waals surface area contributed by atoms with Crippen molar-refractivity contribution in [1.29, 1.82) is 0 Å². The summed E-state index contributed by atoms with van der Waals surface area (Å²) >= 11 is 0. The van der Waals surface area contributed by atoms with Gasteiger partial charge in [0, 0.05) is 12.7 Å². The standard InChI is InChI=1S/C16H21N3O3/c1-6-13(16(20)21-5)14-9-8-10-18-15(14)22-19-12(4)11(3)17-7-2/h6,8-10H,7H2,1-5H3/b13-6+,17-11?,19-12+. The lowest BCUT2D eigenvalue weighted by Crippen LogP contribution is -2.09. The summed E-state index contributed by atoms with van der Waals surface area (Å²) in [5, 5.41) is 4.02. The third-order valence-corrected chi connectivity index (χ3v) is 2.94. The van der Waals surface area contributed by atoms with Gasteiger partial charge in [0.2, 0.25) is 0 Å². The number of rotatable bonds is 6. The summed E-state index contributed by atoms with van der Waals surface area (Å²) in [6.45, 7) is 8.03. The number of esters is 1. The number of aromatic nitrogens is 1. The van der Waals surface area contributed by atoms with Crippen LogP contribution in [0.4, 0.5) is 0 Å². The zero-order valence-electron chi connectivity index (χ0n) is 13.6. The van der Waals surface area contributed by atoms with Gasteiger partial charge in [0.05, 0.1) is 29.7 Å². The van der Waals surface area contributed by atoms with Gasteiger partial charge < -0.3 is 9.57 Å². The first kappa shape index (κ1) is 17.6. The molecule has 0 atom stereocenters. The van der Waals surface area contributed by atoms with Crippen LogP contribution in [0.15, 0.2) is 34.6 Å². The Morgan fingerprint density at radius 3 is 2.68 bits per heavy atom. The van der Waals surface area contributed by atoms with E-state index in [1.54, 1.807) is 38.3 Å². The van der Waals surface area contributed by atoms with Crippen molar-refractivity contribution in [1.82, 2.24) is 4.98 Å². The van der Waals surface area contributed by atoms with E-state index < -0.39 is 5.97 Å². The maximum Gasteiger partial charge on any atom is 0.338 e. The Balaban J connectivity index is 3.10. The lowest BCUT2D eigenvalue weighted by molar-refractivity contribution is -0.133. The predicted octanol–water partition coefficient (Wildman–Crippen LogP) is 2.89. The quantitative estimate of drug-likeness (QED) is 0.350. The zero-order valence-corrected chi connectivity index (χ0v) is 13.6. The number of nitrogens with zero attached hydrogens (tertiary/aromatic N) is 3. The molecule has 1 aromatic rings. The molecule has 0 bridgehead atoms.